The van der Waals surface area contributed by atoms with E-state index in [1.165, 1.54) is 0 Å². The highest BCUT2D eigenvalue weighted by Crippen LogP contribution is 2.12. The summed E-state index contributed by atoms with van der Waals surface area (Å²) >= 11 is 0. The van der Waals surface area contributed by atoms with Crippen molar-refractivity contribution in [2.24, 2.45) is 0 Å². The Morgan fingerprint density at radius 1 is 0.778 bits per heavy atom. The van der Waals surface area contributed by atoms with Crippen LogP contribution >= 0.6 is 0 Å². The van der Waals surface area contributed by atoms with Gasteiger partial charge in [-0.3, -0.25) is 0 Å². The number of carbonyl (C=O) groups is 1. The minimum atomic E-state index is -0.739. The lowest BCUT2D eigenvalue weighted by Gasteiger charge is -2.04. The molecule has 0 aliphatic rings. The predicted molar refractivity (Wildman–Crippen MR) is 64.5 cm³/mol. The molecule has 2 aromatic rings. The topological polar surface area (TPSA) is 59.3 Å². The van der Waals surface area contributed by atoms with E-state index in [9.17, 15) is 4.79 Å². The molecule has 0 aromatic heterocycles. The number of hydrogen-bond acceptors (Lipinski definition) is 4. The van der Waals surface area contributed by atoms with Gasteiger partial charge < -0.3 is 21.3 Å². The predicted octanol–water partition coefficient (Wildman–Crippen LogP) is 3.36. The van der Waals surface area contributed by atoms with E-state index >= 15 is 0 Å². The van der Waals surface area contributed by atoms with Crippen LogP contribution in [0.1, 0.15) is 0 Å². The summed E-state index contributed by atoms with van der Waals surface area (Å²) in [7, 11) is 0. The maximum atomic E-state index is 11.3. The molecule has 0 saturated carbocycles. The summed E-state index contributed by atoms with van der Waals surface area (Å²) in [6.07, 6.45) is -0.739. The first-order chi connectivity index (χ1) is 8.84. The summed E-state index contributed by atoms with van der Waals surface area (Å²) in [4.78, 5) is 11.3. The van der Waals surface area contributed by atoms with Crippen LogP contribution in [0.2, 0.25) is 0 Å². The quantitative estimate of drug-likeness (QED) is 0.458. The average molecular weight is 240 g/mol. The Hall–Kier alpha value is -2.80. The first-order valence-electron chi connectivity index (χ1n) is 5.07. The zero-order chi connectivity index (χ0) is 13.2. The summed E-state index contributed by atoms with van der Waals surface area (Å²) < 4.78 is 9.91. The van der Waals surface area contributed by atoms with E-state index in [-0.39, 0.29) is 0 Å². The minimum Gasteiger partial charge on any atom is -0.512 e. The van der Waals surface area contributed by atoms with Crippen LogP contribution in [-0.2, 0) is 0 Å². The summed E-state index contributed by atoms with van der Waals surface area (Å²) in [5.41, 5.74) is 0. The van der Waals surface area contributed by atoms with Gasteiger partial charge in [-0.05, 0) is 24.3 Å². The second-order valence-corrected chi connectivity index (χ2v) is 3.08. The highest BCUT2D eigenvalue weighted by Gasteiger charge is 2.06. The zero-order valence-corrected chi connectivity index (χ0v) is 9.45. The molecule has 0 aliphatic carbocycles. The van der Waals surface area contributed by atoms with Crippen molar-refractivity contribution >= 4 is 6.16 Å². The van der Waals surface area contributed by atoms with Gasteiger partial charge in [0.15, 0.2) is 0 Å². The third-order valence-electron chi connectivity index (χ3n) is 1.89. The molecule has 0 atom stereocenters. The van der Waals surface area contributed by atoms with Crippen molar-refractivity contribution < 1.29 is 14.3 Å². The Bertz CT molecular complexity index is 451. The van der Waals surface area contributed by atoms with Crippen molar-refractivity contribution in [2.75, 3.05) is 0 Å². The molecule has 0 unspecified atom stereocenters. The number of para-hydroxylation sites is 2. The summed E-state index contributed by atoms with van der Waals surface area (Å²) in [5, 5.41) is 6.25. The molecule has 0 fully saturated rings. The van der Waals surface area contributed by atoms with E-state index in [2.05, 4.69) is 0 Å². The standard InChI is InChI=1S/C13H10O3.CN/c14-13(15-11-7-3-1-4-8-11)16-12-9-5-2-6-10-12;1-2/h1-10H;/q;-1. The third kappa shape index (κ3) is 4.37. The molecular weight excluding hydrogens is 230 g/mol. The molecule has 2 rings (SSSR count). The Kier molecular flexibility index (Phi) is 5.50. The van der Waals surface area contributed by atoms with Crippen LogP contribution < -0.4 is 9.47 Å². The van der Waals surface area contributed by atoms with Crippen LogP contribution in [0.15, 0.2) is 60.7 Å². The molecule has 4 heteroatoms. The molecular formula is C14H10NO3-. The molecule has 0 spiro atoms. The molecule has 4 nitrogen and oxygen atoms in total. The van der Waals surface area contributed by atoms with Gasteiger partial charge in [-0.1, -0.05) is 36.4 Å². The van der Waals surface area contributed by atoms with E-state index in [0.717, 1.165) is 0 Å². The number of rotatable bonds is 2. The fraction of sp³-hybridized carbons (Fsp3) is 0. The molecule has 90 valence electrons. The van der Waals surface area contributed by atoms with Gasteiger partial charge >= 0.3 is 6.16 Å². The van der Waals surface area contributed by atoms with Gasteiger partial charge in [-0.2, -0.15) is 0 Å². The Morgan fingerprint density at radius 2 is 1.11 bits per heavy atom. The maximum Gasteiger partial charge on any atom is 0.519 e. The van der Waals surface area contributed by atoms with Gasteiger partial charge in [0.1, 0.15) is 11.5 Å². The van der Waals surface area contributed by atoms with Crippen LogP contribution in [0.5, 0.6) is 11.5 Å². The highest BCUT2D eigenvalue weighted by atomic mass is 16.7. The molecule has 0 N–H and O–H groups in total. The number of hydrogen-bond donors (Lipinski definition) is 0. The average Bonchev–Trinajstić information content (AvgIpc) is 2.43. The Morgan fingerprint density at radius 3 is 1.44 bits per heavy atom. The Labute approximate surface area is 105 Å². The fourth-order valence-electron chi connectivity index (χ4n) is 1.19. The van der Waals surface area contributed by atoms with Crippen LogP contribution in [0, 0.1) is 11.8 Å². The van der Waals surface area contributed by atoms with Gasteiger partial charge in [0.25, 0.3) is 0 Å². The fourth-order valence-corrected chi connectivity index (χ4v) is 1.19. The van der Waals surface area contributed by atoms with Crippen LogP contribution in [0.4, 0.5) is 4.79 Å². The highest BCUT2D eigenvalue weighted by molar-refractivity contribution is 5.66. The first-order valence-corrected chi connectivity index (χ1v) is 5.07. The molecule has 0 amide bonds. The van der Waals surface area contributed by atoms with Gasteiger partial charge in [-0.15, -0.1) is 0 Å². The van der Waals surface area contributed by atoms with Gasteiger partial charge in [0.05, 0.1) is 0 Å². The first kappa shape index (κ1) is 13.3. The lowest BCUT2D eigenvalue weighted by Crippen LogP contribution is -2.13. The van der Waals surface area contributed by atoms with Crippen molar-refractivity contribution in [3.05, 3.63) is 67.2 Å². The van der Waals surface area contributed by atoms with Gasteiger partial charge in [0, 0.05) is 0 Å². The largest absolute Gasteiger partial charge is 0.519 e. The smallest absolute Gasteiger partial charge is 0.512 e. The zero-order valence-electron chi connectivity index (χ0n) is 9.45. The number of ether oxygens (including phenoxy) is 2. The molecule has 0 saturated heterocycles. The maximum absolute atomic E-state index is 11.3. The summed E-state index contributed by atoms with van der Waals surface area (Å²) in [5.74, 6) is 0.923. The molecule has 0 bridgehead atoms. The second kappa shape index (κ2) is 7.47. The van der Waals surface area contributed by atoms with E-state index in [4.69, 9.17) is 21.3 Å². The third-order valence-corrected chi connectivity index (χ3v) is 1.89. The SMILES string of the molecule is O=C(Oc1ccccc1)Oc1ccccc1.[C-]#N. The number of nitrogens with zero attached hydrogens (tertiary/aromatic N) is 1. The van der Waals surface area contributed by atoms with Crippen LogP contribution in [0.3, 0.4) is 0 Å². The van der Waals surface area contributed by atoms with Crippen LogP contribution in [0.25, 0.3) is 0 Å². The van der Waals surface area contributed by atoms with Crippen molar-refractivity contribution in [1.29, 1.82) is 5.26 Å². The van der Waals surface area contributed by atoms with Crippen molar-refractivity contribution in [1.82, 2.24) is 0 Å². The van der Waals surface area contributed by atoms with Crippen LogP contribution in [-0.4, -0.2) is 6.16 Å². The molecule has 0 aliphatic heterocycles. The van der Waals surface area contributed by atoms with E-state index < -0.39 is 6.16 Å². The minimum absolute atomic E-state index is 0.462. The van der Waals surface area contributed by atoms with E-state index in [1.807, 2.05) is 12.1 Å². The van der Waals surface area contributed by atoms with Gasteiger partial charge in [0.2, 0.25) is 0 Å². The molecule has 2 aromatic carbocycles. The van der Waals surface area contributed by atoms with Crippen molar-refractivity contribution in [2.45, 2.75) is 0 Å². The molecule has 0 heterocycles. The lowest BCUT2D eigenvalue weighted by atomic mass is 10.3. The van der Waals surface area contributed by atoms with E-state index in [1.54, 1.807) is 48.5 Å². The van der Waals surface area contributed by atoms with Crippen molar-refractivity contribution in [3.8, 4) is 11.5 Å². The number of benzene rings is 2. The Balaban J connectivity index is 0.000000771. The van der Waals surface area contributed by atoms with E-state index in [0.29, 0.717) is 11.5 Å². The monoisotopic (exact) mass is 240 g/mol. The summed E-state index contributed by atoms with van der Waals surface area (Å²) in [6, 6.07) is 17.6. The van der Waals surface area contributed by atoms with Gasteiger partial charge in [-0.25, -0.2) is 4.79 Å². The number of carbonyl (C=O) groups excluding carboxylic acids is 1. The van der Waals surface area contributed by atoms with Crippen molar-refractivity contribution in [3.63, 3.8) is 0 Å². The summed E-state index contributed by atoms with van der Waals surface area (Å²) in [6.45, 7) is 4.75. The molecule has 18 heavy (non-hydrogen) atoms. The second-order valence-electron chi connectivity index (χ2n) is 3.08. The normalized spacial score (nSPS) is 8.56. The molecule has 0 radical (unpaired) electrons. The lowest BCUT2D eigenvalue weighted by molar-refractivity contribution is 0.152.